The van der Waals surface area contributed by atoms with Gasteiger partial charge in [-0.15, -0.1) is 0 Å². The van der Waals surface area contributed by atoms with E-state index in [1.807, 2.05) is 64.1 Å². The summed E-state index contributed by atoms with van der Waals surface area (Å²) >= 11 is 0. The summed E-state index contributed by atoms with van der Waals surface area (Å²) in [7, 11) is 3.12. The summed E-state index contributed by atoms with van der Waals surface area (Å²) < 4.78 is 22.9. The largest absolute Gasteiger partial charge is 0.488 e. The highest BCUT2D eigenvalue weighted by Crippen LogP contribution is 2.62. The minimum absolute atomic E-state index is 0.134. The summed E-state index contributed by atoms with van der Waals surface area (Å²) in [6.07, 6.45) is 0.524. The van der Waals surface area contributed by atoms with Gasteiger partial charge < -0.3 is 23.8 Å². The molecule has 1 aliphatic carbocycles. The fraction of sp³-hybridized carbons (Fsp3) is 0.472. The summed E-state index contributed by atoms with van der Waals surface area (Å²) in [4.78, 5) is 34.6. The van der Waals surface area contributed by atoms with Crippen LogP contribution in [0.2, 0.25) is 0 Å². The third-order valence-corrected chi connectivity index (χ3v) is 9.49. The SMILES string of the molecule is COC[C@H]1N(c2cccc(-c3cccc(C)c3OCc3ccc4c(c3C)CN(C(=O)OC(C)(C)C)C4)n2)C[C@@H]2C[C@@]21C(=O)OC. The van der Waals surface area contributed by atoms with Crippen molar-refractivity contribution in [2.24, 2.45) is 11.3 Å². The Kier molecular flexibility index (Phi) is 8.01. The molecule has 9 heteroatoms. The van der Waals surface area contributed by atoms with Gasteiger partial charge in [-0.2, -0.15) is 0 Å². The lowest BCUT2D eigenvalue weighted by atomic mass is 9.96. The maximum absolute atomic E-state index is 12.8. The third kappa shape index (κ3) is 5.63. The molecule has 0 unspecified atom stereocenters. The van der Waals surface area contributed by atoms with E-state index in [1.165, 1.54) is 7.11 Å². The van der Waals surface area contributed by atoms with Crippen molar-refractivity contribution < 1.29 is 28.5 Å². The molecule has 3 atom stereocenters. The molecule has 1 saturated heterocycles. The number of hydrogen-bond acceptors (Lipinski definition) is 8. The number of fused-ring (bicyclic) bond motifs is 2. The van der Waals surface area contributed by atoms with Crippen LogP contribution < -0.4 is 9.64 Å². The normalized spacial score (nSPS) is 21.8. The van der Waals surface area contributed by atoms with Gasteiger partial charge in [-0.05, 0) is 93.0 Å². The monoisotopic (exact) mass is 613 g/mol. The lowest BCUT2D eigenvalue weighted by molar-refractivity contribution is -0.148. The van der Waals surface area contributed by atoms with E-state index in [2.05, 4.69) is 24.0 Å². The Morgan fingerprint density at radius 1 is 1.02 bits per heavy atom. The van der Waals surface area contributed by atoms with Crippen LogP contribution in [0.3, 0.4) is 0 Å². The molecule has 6 rings (SSSR count). The van der Waals surface area contributed by atoms with E-state index >= 15 is 0 Å². The standard InChI is InChI=1S/C36H43N3O6/c1-22-10-8-11-27(29-12-9-13-31(37-29)39-18-26-16-36(26,33(40)43-7)30(39)21-42-6)32(22)44-20-25-15-14-24-17-38(19-28(24)23(25)2)34(41)45-35(3,4)5/h8-15,26,30H,16-21H2,1-7H3/t26-,30+,36+/m0/s1. The second-order valence-electron chi connectivity index (χ2n) is 13.5. The van der Waals surface area contributed by atoms with Gasteiger partial charge in [0, 0.05) is 32.3 Å². The Bertz CT molecular complexity index is 1630. The minimum atomic E-state index is -0.537. The molecule has 0 radical (unpaired) electrons. The summed E-state index contributed by atoms with van der Waals surface area (Å²) in [6.45, 7) is 12.4. The molecule has 3 aliphatic rings. The number of aromatic nitrogens is 1. The number of pyridine rings is 1. The van der Waals surface area contributed by atoms with Crippen molar-refractivity contribution in [1.82, 2.24) is 9.88 Å². The van der Waals surface area contributed by atoms with Crippen molar-refractivity contribution in [1.29, 1.82) is 0 Å². The predicted molar refractivity (Wildman–Crippen MR) is 171 cm³/mol. The zero-order valence-corrected chi connectivity index (χ0v) is 27.3. The first-order chi connectivity index (χ1) is 21.5. The molecule has 2 fully saturated rings. The summed E-state index contributed by atoms with van der Waals surface area (Å²) in [5, 5.41) is 0. The number of methoxy groups -OCH3 is 2. The van der Waals surface area contributed by atoms with E-state index in [-0.39, 0.29) is 24.0 Å². The molecule has 2 aromatic carbocycles. The van der Waals surface area contributed by atoms with E-state index in [1.54, 1.807) is 12.0 Å². The van der Waals surface area contributed by atoms with Gasteiger partial charge in [-0.1, -0.05) is 30.3 Å². The van der Waals surface area contributed by atoms with Gasteiger partial charge in [-0.3, -0.25) is 9.69 Å². The molecule has 238 valence electrons. The number of nitrogens with zero attached hydrogens (tertiary/aromatic N) is 3. The van der Waals surface area contributed by atoms with Crippen LogP contribution in [0.5, 0.6) is 5.75 Å². The van der Waals surface area contributed by atoms with Gasteiger partial charge in [0.15, 0.2) is 0 Å². The quantitative estimate of drug-likeness (QED) is 0.277. The van der Waals surface area contributed by atoms with Crippen LogP contribution in [0.4, 0.5) is 10.6 Å². The predicted octanol–water partition coefficient (Wildman–Crippen LogP) is 6.21. The Morgan fingerprint density at radius 2 is 1.80 bits per heavy atom. The number of aryl methyl sites for hydroxylation is 1. The van der Waals surface area contributed by atoms with Gasteiger partial charge >= 0.3 is 12.1 Å². The molecular weight excluding hydrogens is 570 g/mol. The molecule has 3 aromatic rings. The third-order valence-electron chi connectivity index (χ3n) is 9.49. The molecule has 2 aliphatic heterocycles. The number of esters is 1. The summed E-state index contributed by atoms with van der Waals surface area (Å²) in [5.41, 5.74) is 6.14. The van der Waals surface area contributed by atoms with Crippen LogP contribution >= 0.6 is 0 Å². The maximum atomic E-state index is 12.8. The topological polar surface area (TPSA) is 90.4 Å². The summed E-state index contributed by atoms with van der Waals surface area (Å²) in [6, 6.07) is 16.1. The molecule has 0 N–H and O–H groups in total. The zero-order chi connectivity index (χ0) is 32.1. The van der Waals surface area contributed by atoms with E-state index in [0.29, 0.717) is 26.3 Å². The second-order valence-corrected chi connectivity index (χ2v) is 13.5. The molecule has 0 spiro atoms. The van der Waals surface area contributed by atoms with Gasteiger partial charge in [0.25, 0.3) is 0 Å². The van der Waals surface area contributed by atoms with Gasteiger partial charge in [0.05, 0.1) is 30.9 Å². The van der Waals surface area contributed by atoms with E-state index in [0.717, 1.165) is 63.6 Å². The number of benzene rings is 2. The number of anilines is 1. The fourth-order valence-electron chi connectivity index (χ4n) is 7.08. The fourth-order valence-corrected chi connectivity index (χ4v) is 7.08. The Hall–Kier alpha value is -4.11. The molecular formula is C36H43N3O6. The molecule has 9 nitrogen and oxygen atoms in total. The highest BCUT2D eigenvalue weighted by atomic mass is 16.6. The smallest absolute Gasteiger partial charge is 0.410 e. The van der Waals surface area contributed by atoms with Crippen molar-refractivity contribution in [3.8, 4) is 17.0 Å². The number of amides is 1. The Labute approximate surface area is 265 Å². The van der Waals surface area contributed by atoms with Crippen molar-refractivity contribution in [2.45, 2.75) is 72.4 Å². The van der Waals surface area contributed by atoms with Crippen molar-refractivity contribution in [3.05, 3.63) is 76.3 Å². The summed E-state index contributed by atoms with van der Waals surface area (Å²) in [5.74, 6) is 1.66. The van der Waals surface area contributed by atoms with E-state index in [4.69, 9.17) is 23.9 Å². The van der Waals surface area contributed by atoms with E-state index < -0.39 is 11.0 Å². The maximum Gasteiger partial charge on any atom is 0.410 e. The first-order valence-electron chi connectivity index (χ1n) is 15.6. The first-order valence-corrected chi connectivity index (χ1v) is 15.6. The number of carbonyl (C=O) groups excluding carboxylic acids is 2. The molecule has 1 amide bonds. The van der Waals surface area contributed by atoms with Crippen LogP contribution in [0.1, 0.15) is 55.0 Å². The van der Waals surface area contributed by atoms with Crippen LogP contribution in [0.25, 0.3) is 11.3 Å². The first kappa shape index (κ1) is 30.9. The van der Waals surface area contributed by atoms with E-state index in [9.17, 15) is 9.59 Å². The molecule has 3 heterocycles. The van der Waals surface area contributed by atoms with Crippen molar-refractivity contribution in [2.75, 3.05) is 32.3 Å². The molecule has 0 bridgehead atoms. The van der Waals surface area contributed by atoms with Crippen LogP contribution in [-0.4, -0.2) is 61.0 Å². The van der Waals surface area contributed by atoms with Gasteiger partial charge in [0.2, 0.25) is 0 Å². The lowest BCUT2D eigenvalue weighted by Crippen LogP contribution is -2.44. The van der Waals surface area contributed by atoms with Crippen molar-refractivity contribution in [3.63, 3.8) is 0 Å². The number of rotatable bonds is 8. The molecule has 45 heavy (non-hydrogen) atoms. The number of ether oxygens (including phenoxy) is 4. The van der Waals surface area contributed by atoms with Crippen LogP contribution in [0, 0.1) is 25.2 Å². The molecule has 1 saturated carbocycles. The molecule has 1 aromatic heterocycles. The van der Waals surface area contributed by atoms with Gasteiger partial charge in [-0.25, -0.2) is 9.78 Å². The number of carbonyl (C=O) groups is 2. The number of hydrogen-bond donors (Lipinski definition) is 0. The number of para-hydroxylation sites is 1. The average Bonchev–Trinajstić information content (AvgIpc) is 3.40. The van der Waals surface area contributed by atoms with Crippen LogP contribution in [0.15, 0.2) is 48.5 Å². The second kappa shape index (κ2) is 11.7. The van der Waals surface area contributed by atoms with Gasteiger partial charge in [0.1, 0.15) is 23.8 Å². The Morgan fingerprint density at radius 3 is 2.53 bits per heavy atom. The number of piperidine rings is 1. The van der Waals surface area contributed by atoms with Crippen LogP contribution in [-0.2, 0) is 38.7 Å². The lowest BCUT2D eigenvalue weighted by Gasteiger charge is -2.31. The average molecular weight is 614 g/mol. The highest BCUT2D eigenvalue weighted by molar-refractivity contribution is 5.84. The Balaban J connectivity index is 1.22. The highest BCUT2D eigenvalue weighted by Gasteiger charge is 2.71. The van der Waals surface area contributed by atoms with Crippen molar-refractivity contribution >= 4 is 17.9 Å². The minimum Gasteiger partial charge on any atom is -0.488 e. The zero-order valence-electron chi connectivity index (χ0n) is 27.3.